The van der Waals surface area contributed by atoms with Crippen LogP contribution in [0.25, 0.3) is 0 Å². The molecule has 1 aliphatic rings. The Morgan fingerprint density at radius 3 is 1.78 bits per heavy atom. The van der Waals surface area contributed by atoms with Crippen LogP contribution >= 0.6 is 37.2 Å². The summed E-state index contributed by atoms with van der Waals surface area (Å²) >= 11 is -2.07. The normalized spacial score (nSPS) is 20.1. The van der Waals surface area contributed by atoms with Gasteiger partial charge in [0, 0.05) is 0 Å². The fraction of sp³-hybridized carbons (Fsp3) is 0.545. The maximum absolute atomic E-state index is 2.76. The Hall–Kier alpha value is 0.501. The van der Waals surface area contributed by atoms with Gasteiger partial charge in [0.2, 0.25) is 0 Å². The molecule has 156 valence electrons. The van der Waals surface area contributed by atoms with Crippen molar-refractivity contribution in [2.75, 3.05) is 0 Å². The van der Waals surface area contributed by atoms with Crippen molar-refractivity contribution < 1.29 is 15.8 Å². The van der Waals surface area contributed by atoms with E-state index in [0.29, 0.717) is 5.92 Å². The smallest absolute Gasteiger partial charge is 0.147 e. The van der Waals surface area contributed by atoms with E-state index in [2.05, 4.69) is 78.8 Å². The molecule has 0 radical (unpaired) electrons. The third-order valence-corrected chi connectivity index (χ3v) is 25.4. The first-order valence-electron chi connectivity index (χ1n) is 9.58. The molecule has 1 aromatic rings. The first kappa shape index (κ1) is 29.7. The minimum atomic E-state index is -2.07. The molecule has 3 unspecified atom stereocenters. The third kappa shape index (κ3) is 6.00. The average molecular weight is 486 g/mol. The molecule has 0 amide bonds. The maximum atomic E-state index is 2.76. The van der Waals surface area contributed by atoms with Crippen LogP contribution in [0.3, 0.4) is 0 Å². The van der Waals surface area contributed by atoms with E-state index in [1.807, 2.05) is 3.88 Å². The molecule has 0 spiro atoms. The Bertz CT molecular complexity index is 691. The summed E-state index contributed by atoms with van der Waals surface area (Å²) in [5, 5.41) is 4.48. The molecule has 3 atom stereocenters. The molecular formula is C22H39Cl3SiTi. The second-order valence-electron chi connectivity index (χ2n) is 8.47. The van der Waals surface area contributed by atoms with Crippen molar-refractivity contribution in [1.29, 1.82) is 0 Å². The zero-order chi connectivity index (χ0) is 18.2. The van der Waals surface area contributed by atoms with Crippen LogP contribution in [0.1, 0.15) is 59.1 Å². The predicted molar refractivity (Wildman–Crippen MR) is 132 cm³/mol. The van der Waals surface area contributed by atoms with Crippen molar-refractivity contribution in [3.8, 4) is 0 Å². The minimum Gasteiger partial charge on any atom is -0.147 e. The first-order chi connectivity index (χ1) is 11.1. The van der Waals surface area contributed by atoms with Gasteiger partial charge >= 0.3 is 156 Å². The largest absolute Gasteiger partial charge is 0.147 e. The Kier molecular flexibility index (Phi) is 12.8. The Balaban J connectivity index is 0. The van der Waals surface area contributed by atoms with Crippen molar-refractivity contribution in [2.45, 2.75) is 71.3 Å². The number of hydrogen-bond donors (Lipinski definition) is 0. The van der Waals surface area contributed by atoms with Crippen molar-refractivity contribution in [3.63, 3.8) is 0 Å². The van der Waals surface area contributed by atoms with Crippen LogP contribution in [-0.4, -0.2) is 7.39 Å². The molecule has 27 heavy (non-hydrogen) atoms. The van der Waals surface area contributed by atoms with Gasteiger partial charge in [-0.2, -0.15) is 0 Å². The van der Waals surface area contributed by atoms with Gasteiger partial charge in [0.1, 0.15) is 0 Å². The van der Waals surface area contributed by atoms with Crippen molar-refractivity contribution in [3.05, 3.63) is 49.9 Å². The van der Waals surface area contributed by atoms with Crippen molar-refractivity contribution >= 4 is 49.8 Å². The Morgan fingerprint density at radius 1 is 0.926 bits per heavy atom. The minimum absolute atomic E-state index is 0. The molecule has 0 aromatic heterocycles. The van der Waals surface area contributed by atoms with Crippen LogP contribution in [0.4, 0.5) is 0 Å². The van der Waals surface area contributed by atoms with E-state index in [4.69, 9.17) is 0 Å². The zero-order valence-electron chi connectivity index (χ0n) is 18.5. The molecular weight excluding hydrogens is 447 g/mol. The van der Waals surface area contributed by atoms with Gasteiger partial charge in [-0.1, -0.05) is 0 Å². The molecule has 0 heterocycles. The van der Waals surface area contributed by atoms with Crippen molar-refractivity contribution in [1.82, 2.24) is 0 Å². The first-order valence-corrected chi connectivity index (χ1v) is 17.5. The molecule has 5 heteroatoms. The van der Waals surface area contributed by atoms with E-state index in [0.717, 1.165) is 4.22 Å². The Labute approximate surface area is 191 Å². The topological polar surface area (TPSA) is 0 Å². The van der Waals surface area contributed by atoms with Crippen LogP contribution in [0.2, 0.25) is 9.45 Å². The SMILES string of the molecule is CC[CH](C)[Ti]([CH3])([SiH2]c1cc(C)cc(C)c1)[C]1=C(C)C(C)=C(C)C1C.Cl.Cl.Cl. The molecule has 2 rings (SSSR count). The number of hydrogen-bond acceptors (Lipinski definition) is 0. The number of halogens is 3. The van der Waals surface area contributed by atoms with Gasteiger partial charge in [0.25, 0.3) is 0 Å². The molecule has 0 aliphatic heterocycles. The number of aryl methyl sites for hydroxylation is 2. The predicted octanol–water partition coefficient (Wildman–Crippen LogP) is 6.96. The summed E-state index contributed by atoms with van der Waals surface area (Å²) < 4.78 is 2.86. The van der Waals surface area contributed by atoms with E-state index in [-0.39, 0.29) is 44.6 Å². The molecule has 0 saturated carbocycles. The van der Waals surface area contributed by atoms with Gasteiger partial charge in [0.15, 0.2) is 0 Å². The van der Waals surface area contributed by atoms with Crippen LogP contribution in [0.15, 0.2) is 38.8 Å². The van der Waals surface area contributed by atoms with Gasteiger partial charge in [-0.25, -0.2) is 0 Å². The monoisotopic (exact) mass is 484 g/mol. The van der Waals surface area contributed by atoms with Gasteiger partial charge in [-0.15, -0.1) is 37.2 Å². The third-order valence-electron chi connectivity index (χ3n) is 6.81. The van der Waals surface area contributed by atoms with Gasteiger partial charge in [-0.05, 0) is 0 Å². The van der Waals surface area contributed by atoms with Gasteiger partial charge in [0.05, 0.1) is 0 Å². The maximum Gasteiger partial charge on any atom is -0.147 e. The number of rotatable bonds is 5. The summed E-state index contributed by atoms with van der Waals surface area (Å²) in [6.07, 6.45) is 1.34. The van der Waals surface area contributed by atoms with Crippen LogP contribution in [0.5, 0.6) is 0 Å². The standard InChI is InChI=1S/C9H13.C8H11Si.C4H9.CH3.3ClH.Ti/c1-6-5-7(2)9(4)8(6)3;1-6-3-7(2)5-8(9)4-6;1-3-4-2;;;;;/h6H,1-4H3;3-5H,9H2,1-2H3;3H,4H2,1-2H3;1H3;3*1H;. The molecule has 0 nitrogen and oxygen atoms in total. The Morgan fingerprint density at radius 2 is 1.41 bits per heavy atom. The van der Waals surface area contributed by atoms with E-state index in [9.17, 15) is 0 Å². The average Bonchev–Trinajstić information content (AvgIpc) is 2.69. The van der Waals surface area contributed by atoms with Gasteiger partial charge in [-0.3, -0.25) is 0 Å². The second kappa shape index (κ2) is 11.6. The quantitative estimate of drug-likeness (QED) is 0.396. The second-order valence-corrected chi connectivity index (χ2v) is 24.2. The van der Waals surface area contributed by atoms with E-state index in [1.54, 1.807) is 21.9 Å². The van der Waals surface area contributed by atoms with E-state index < -0.39 is 15.8 Å². The fourth-order valence-corrected chi connectivity index (χ4v) is 23.9. The van der Waals surface area contributed by atoms with Crippen molar-refractivity contribution in [2.24, 2.45) is 5.92 Å². The molecule has 1 aromatic carbocycles. The summed E-state index contributed by atoms with van der Waals surface area (Å²) in [5.74, 6) is 0.697. The summed E-state index contributed by atoms with van der Waals surface area (Å²) in [4.78, 5) is 0. The fourth-order valence-electron chi connectivity index (χ4n) is 4.87. The van der Waals surface area contributed by atoms with E-state index >= 15 is 0 Å². The molecule has 1 aliphatic carbocycles. The van der Waals surface area contributed by atoms with E-state index in [1.165, 1.54) is 17.5 Å². The number of benzene rings is 1. The number of allylic oxidation sites excluding steroid dienone is 4. The summed E-state index contributed by atoms with van der Waals surface area (Å²) in [6.45, 7) is 19.1. The summed E-state index contributed by atoms with van der Waals surface area (Å²) in [7, 11) is -0.230. The van der Waals surface area contributed by atoms with Crippen LogP contribution < -0.4 is 5.19 Å². The molecule has 0 N–H and O–H groups in total. The molecule has 0 bridgehead atoms. The van der Waals surface area contributed by atoms with Crippen LogP contribution in [0, 0.1) is 19.8 Å². The molecule has 0 fully saturated rings. The summed E-state index contributed by atoms with van der Waals surface area (Å²) in [6, 6.07) is 7.31. The zero-order valence-corrected chi connectivity index (χ0v) is 24.0. The van der Waals surface area contributed by atoms with Crippen LogP contribution in [-0.2, 0) is 15.8 Å². The molecule has 0 saturated heterocycles. The van der Waals surface area contributed by atoms with Gasteiger partial charge < -0.3 is 0 Å². The summed E-state index contributed by atoms with van der Waals surface area (Å²) in [5.41, 5.74) is 7.79.